The summed E-state index contributed by atoms with van der Waals surface area (Å²) in [6.45, 7) is 1.94. The fourth-order valence-electron chi connectivity index (χ4n) is 3.49. The molecule has 2 aromatic carbocycles. The highest BCUT2D eigenvalue weighted by Gasteiger charge is 2.34. The largest absolute Gasteiger partial charge is 0.497 e. The van der Waals surface area contributed by atoms with Crippen LogP contribution in [0.15, 0.2) is 42.5 Å². The van der Waals surface area contributed by atoms with E-state index in [0.29, 0.717) is 23.4 Å². The van der Waals surface area contributed by atoms with Crippen molar-refractivity contribution >= 4 is 12.0 Å². The van der Waals surface area contributed by atoms with Gasteiger partial charge in [-0.15, -0.1) is 0 Å². The van der Waals surface area contributed by atoms with Crippen molar-refractivity contribution in [3.05, 3.63) is 59.2 Å². The van der Waals surface area contributed by atoms with E-state index in [0.717, 1.165) is 17.9 Å². The van der Waals surface area contributed by atoms with Crippen molar-refractivity contribution in [2.45, 2.75) is 31.5 Å². The minimum absolute atomic E-state index is 0.0809. The molecule has 1 N–H and O–H groups in total. The molecule has 1 aliphatic rings. The van der Waals surface area contributed by atoms with Crippen molar-refractivity contribution in [2.24, 2.45) is 5.92 Å². The van der Waals surface area contributed by atoms with Gasteiger partial charge in [0.1, 0.15) is 12.0 Å². The number of fused-ring (bicyclic) bond motifs is 1. The van der Waals surface area contributed by atoms with Crippen LogP contribution in [-0.4, -0.2) is 19.4 Å². The van der Waals surface area contributed by atoms with Crippen molar-refractivity contribution in [1.82, 2.24) is 0 Å². The molecule has 26 heavy (non-hydrogen) atoms. The molecule has 0 fully saturated rings. The number of benzene rings is 2. The van der Waals surface area contributed by atoms with Gasteiger partial charge in [0.15, 0.2) is 0 Å². The fraction of sp³-hybridized carbons (Fsp3) is 0.350. The summed E-state index contributed by atoms with van der Waals surface area (Å²) in [5.41, 5.74) is 1.44. The van der Waals surface area contributed by atoms with Gasteiger partial charge in [-0.05, 0) is 59.7 Å². The number of methoxy groups -OCH3 is 1. The SMILES string of the molecule is COc1ccc(C2Cc3cc(C(F)(F)F)ccc3NC(C=O)C2C)cc1. The van der Waals surface area contributed by atoms with E-state index in [1.165, 1.54) is 12.1 Å². The fourth-order valence-corrected chi connectivity index (χ4v) is 3.49. The summed E-state index contributed by atoms with van der Waals surface area (Å²) < 4.78 is 44.4. The van der Waals surface area contributed by atoms with E-state index in [4.69, 9.17) is 4.74 Å². The molecule has 3 nitrogen and oxygen atoms in total. The Balaban J connectivity index is 2.03. The molecule has 1 heterocycles. The van der Waals surface area contributed by atoms with E-state index >= 15 is 0 Å². The Kier molecular flexibility index (Phi) is 4.94. The summed E-state index contributed by atoms with van der Waals surface area (Å²) in [4.78, 5) is 11.6. The second-order valence-electron chi connectivity index (χ2n) is 6.62. The van der Waals surface area contributed by atoms with Gasteiger partial charge in [0, 0.05) is 5.69 Å². The molecular formula is C20H20F3NO2. The summed E-state index contributed by atoms with van der Waals surface area (Å²) in [5, 5.41) is 3.10. The highest BCUT2D eigenvalue weighted by molar-refractivity contribution is 5.68. The van der Waals surface area contributed by atoms with Gasteiger partial charge in [-0.25, -0.2) is 0 Å². The van der Waals surface area contributed by atoms with Crippen molar-refractivity contribution in [1.29, 1.82) is 0 Å². The van der Waals surface area contributed by atoms with Crippen LogP contribution in [0.3, 0.4) is 0 Å². The molecule has 6 heteroatoms. The van der Waals surface area contributed by atoms with Crippen LogP contribution in [0.25, 0.3) is 0 Å². The number of rotatable bonds is 3. The van der Waals surface area contributed by atoms with E-state index < -0.39 is 17.8 Å². The van der Waals surface area contributed by atoms with E-state index in [1.807, 2.05) is 31.2 Å². The van der Waals surface area contributed by atoms with Gasteiger partial charge >= 0.3 is 6.18 Å². The van der Waals surface area contributed by atoms with Gasteiger partial charge in [-0.3, -0.25) is 0 Å². The number of anilines is 1. The van der Waals surface area contributed by atoms with Gasteiger partial charge in [-0.2, -0.15) is 13.2 Å². The lowest BCUT2D eigenvalue weighted by Crippen LogP contribution is -2.31. The van der Waals surface area contributed by atoms with E-state index in [-0.39, 0.29) is 11.8 Å². The summed E-state index contributed by atoms with van der Waals surface area (Å²) in [7, 11) is 1.57. The first-order chi connectivity index (χ1) is 12.3. The van der Waals surface area contributed by atoms with E-state index in [1.54, 1.807) is 7.11 Å². The van der Waals surface area contributed by atoms with Crippen LogP contribution < -0.4 is 10.1 Å². The van der Waals surface area contributed by atoms with Crippen LogP contribution in [0.2, 0.25) is 0 Å². The highest BCUT2D eigenvalue weighted by atomic mass is 19.4. The number of aldehydes is 1. The molecule has 0 spiro atoms. The lowest BCUT2D eigenvalue weighted by atomic mass is 9.80. The summed E-state index contributed by atoms with van der Waals surface area (Å²) in [6.07, 6.45) is -3.15. The Morgan fingerprint density at radius 3 is 2.42 bits per heavy atom. The predicted octanol–water partition coefficient (Wildman–Crippen LogP) is 4.67. The average Bonchev–Trinajstić information content (AvgIpc) is 2.77. The molecule has 3 unspecified atom stereocenters. The maximum absolute atomic E-state index is 13.1. The maximum Gasteiger partial charge on any atom is 0.416 e. The third kappa shape index (κ3) is 3.54. The normalized spacial score (nSPS) is 22.7. The molecular weight excluding hydrogens is 343 g/mol. The van der Waals surface area contributed by atoms with Crippen LogP contribution in [0.4, 0.5) is 18.9 Å². The number of carbonyl (C=O) groups excluding carboxylic acids is 1. The van der Waals surface area contributed by atoms with Gasteiger partial charge in [0.2, 0.25) is 0 Å². The quantitative estimate of drug-likeness (QED) is 0.806. The van der Waals surface area contributed by atoms with Crippen LogP contribution in [0, 0.1) is 5.92 Å². The molecule has 0 bridgehead atoms. The number of carbonyl (C=O) groups is 1. The number of halogens is 3. The summed E-state index contributed by atoms with van der Waals surface area (Å²) in [6, 6.07) is 10.6. The maximum atomic E-state index is 13.1. The molecule has 1 aliphatic heterocycles. The van der Waals surface area contributed by atoms with Gasteiger partial charge in [0.25, 0.3) is 0 Å². The van der Waals surface area contributed by atoms with Crippen LogP contribution in [0.5, 0.6) is 5.75 Å². The zero-order valence-corrected chi connectivity index (χ0v) is 14.5. The zero-order chi connectivity index (χ0) is 18.9. The first-order valence-corrected chi connectivity index (χ1v) is 8.39. The third-order valence-corrected chi connectivity index (χ3v) is 5.09. The lowest BCUT2D eigenvalue weighted by Gasteiger charge is -2.26. The molecule has 0 amide bonds. The van der Waals surface area contributed by atoms with Crippen LogP contribution in [-0.2, 0) is 17.4 Å². The van der Waals surface area contributed by atoms with Crippen LogP contribution in [0.1, 0.15) is 29.5 Å². The van der Waals surface area contributed by atoms with Gasteiger partial charge < -0.3 is 14.8 Å². The number of hydrogen-bond acceptors (Lipinski definition) is 3. The molecule has 3 atom stereocenters. The molecule has 0 aromatic heterocycles. The van der Waals surface area contributed by atoms with Crippen molar-refractivity contribution in [3.63, 3.8) is 0 Å². The Hall–Kier alpha value is -2.50. The highest BCUT2D eigenvalue weighted by Crippen LogP contribution is 2.39. The van der Waals surface area contributed by atoms with Crippen LogP contribution >= 0.6 is 0 Å². The number of ether oxygens (including phenoxy) is 1. The topological polar surface area (TPSA) is 38.3 Å². The minimum Gasteiger partial charge on any atom is -0.497 e. The summed E-state index contributed by atoms with van der Waals surface area (Å²) in [5.74, 6) is 0.538. The molecule has 0 aliphatic carbocycles. The smallest absolute Gasteiger partial charge is 0.416 e. The summed E-state index contributed by atoms with van der Waals surface area (Å²) >= 11 is 0. The standard InChI is InChI=1S/C20H20F3NO2/c1-12-17(13-3-6-16(26-2)7-4-13)10-14-9-15(20(21,22)23)5-8-18(14)24-19(12)11-25/h3-9,11-12,17,19,24H,10H2,1-2H3. The van der Waals surface area contributed by atoms with E-state index in [2.05, 4.69) is 5.32 Å². The Labute approximate surface area is 150 Å². The van der Waals surface area contributed by atoms with Gasteiger partial charge in [0.05, 0.1) is 18.7 Å². The molecule has 0 saturated heterocycles. The van der Waals surface area contributed by atoms with Crippen molar-refractivity contribution < 1.29 is 22.7 Å². The van der Waals surface area contributed by atoms with E-state index in [9.17, 15) is 18.0 Å². The molecule has 3 rings (SSSR count). The molecule has 2 aromatic rings. The Morgan fingerprint density at radius 1 is 1.15 bits per heavy atom. The Morgan fingerprint density at radius 2 is 1.85 bits per heavy atom. The Bertz CT molecular complexity index is 787. The molecule has 0 saturated carbocycles. The molecule has 138 valence electrons. The number of alkyl halides is 3. The van der Waals surface area contributed by atoms with Crippen molar-refractivity contribution in [2.75, 3.05) is 12.4 Å². The zero-order valence-electron chi connectivity index (χ0n) is 14.5. The first kappa shape index (κ1) is 18.3. The lowest BCUT2D eigenvalue weighted by molar-refractivity contribution is -0.137. The predicted molar refractivity (Wildman–Crippen MR) is 93.5 cm³/mol. The molecule has 0 radical (unpaired) electrons. The monoisotopic (exact) mass is 363 g/mol. The second kappa shape index (κ2) is 7.02. The first-order valence-electron chi connectivity index (χ1n) is 8.39. The number of nitrogens with one attached hydrogen (secondary N) is 1. The van der Waals surface area contributed by atoms with Gasteiger partial charge in [-0.1, -0.05) is 19.1 Å². The average molecular weight is 363 g/mol. The third-order valence-electron chi connectivity index (χ3n) is 5.09. The number of hydrogen-bond donors (Lipinski definition) is 1. The second-order valence-corrected chi connectivity index (χ2v) is 6.62. The van der Waals surface area contributed by atoms with Crippen molar-refractivity contribution in [3.8, 4) is 5.75 Å². The minimum atomic E-state index is -4.40.